The van der Waals surface area contributed by atoms with E-state index in [9.17, 15) is 4.79 Å². The molecule has 0 aliphatic carbocycles. The Balaban J connectivity index is 1.39. The van der Waals surface area contributed by atoms with E-state index in [1.54, 1.807) is 0 Å². The maximum Gasteiger partial charge on any atom is 0.223 e. The largest absolute Gasteiger partial charge is 0.381 e. The number of nitrogens with zero attached hydrogens (tertiary/aromatic N) is 3. The minimum atomic E-state index is 0.231. The predicted molar refractivity (Wildman–Crippen MR) is 117 cm³/mol. The summed E-state index contributed by atoms with van der Waals surface area (Å²) >= 11 is 0. The summed E-state index contributed by atoms with van der Waals surface area (Å²) in [4.78, 5) is 21.5. The van der Waals surface area contributed by atoms with Gasteiger partial charge in [0.05, 0.1) is 0 Å². The van der Waals surface area contributed by atoms with Gasteiger partial charge in [-0.1, -0.05) is 24.3 Å². The third kappa shape index (κ3) is 6.46. The molecule has 2 aliphatic rings. The van der Waals surface area contributed by atoms with Crippen molar-refractivity contribution < 1.29 is 9.53 Å². The van der Waals surface area contributed by atoms with E-state index < -0.39 is 0 Å². The number of amides is 1. The molecule has 1 aromatic carbocycles. The lowest BCUT2D eigenvalue weighted by molar-refractivity contribution is -0.131. The summed E-state index contributed by atoms with van der Waals surface area (Å²) in [5.41, 5.74) is 2.55. The molecule has 0 bridgehead atoms. The van der Waals surface area contributed by atoms with Gasteiger partial charge in [0.2, 0.25) is 5.91 Å². The van der Waals surface area contributed by atoms with Crippen LogP contribution in [-0.2, 0) is 22.6 Å². The minimum absolute atomic E-state index is 0.231. The molecule has 0 aromatic heterocycles. The molecule has 0 spiro atoms. The highest BCUT2D eigenvalue weighted by Gasteiger charge is 2.22. The predicted octanol–water partition coefficient (Wildman–Crippen LogP) is 3.02. The first-order chi connectivity index (χ1) is 14.2. The highest BCUT2D eigenvalue weighted by molar-refractivity contribution is 5.80. The molecule has 6 heteroatoms. The second kappa shape index (κ2) is 11.2. The maximum atomic E-state index is 12.5. The Kier molecular flexibility index (Phi) is 8.35. The van der Waals surface area contributed by atoms with Crippen molar-refractivity contribution in [3.05, 3.63) is 35.4 Å². The van der Waals surface area contributed by atoms with E-state index >= 15 is 0 Å². The Morgan fingerprint density at radius 2 is 1.93 bits per heavy atom. The zero-order valence-electron chi connectivity index (χ0n) is 18.0. The molecule has 0 unspecified atom stereocenters. The standard InChI is InChI=1S/C23H36N4O2/c1-3-24-23(26(2)14-10-19-11-15-29-16-12-19)25-13-6-9-22(28)27-17-20-7-4-5-8-21(20)18-27/h4-5,7-8,19H,3,6,9-18H2,1-2H3,(H,24,25). The van der Waals surface area contributed by atoms with Gasteiger partial charge in [0.15, 0.2) is 5.96 Å². The summed E-state index contributed by atoms with van der Waals surface area (Å²) in [6.45, 7) is 7.92. The molecule has 2 heterocycles. The third-order valence-corrected chi connectivity index (χ3v) is 5.91. The number of guanidine groups is 1. The maximum absolute atomic E-state index is 12.5. The lowest BCUT2D eigenvalue weighted by atomic mass is 9.96. The molecule has 1 fully saturated rings. The van der Waals surface area contributed by atoms with Crippen LogP contribution in [0.1, 0.15) is 50.2 Å². The number of nitrogens with one attached hydrogen (secondary N) is 1. The molecule has 0 saturated carbocycles. The summed E-state index contributed by atoms with van der Waals surface area (Å²) in [6.07, 6.45) is 4.86. The fourth-order valence-electron chi connectivity index (χ4n) is 4.07. The van der Waals surface area contributed by atoms with Gasteiger partial charge in [-0.2, -0.15) is 0 Å². The average molecular weight is 401 g/mol. The fraction of sp³-hybridized carbons (Fsp3) is 0.652. The molecule has 0 radical (unpaired) electrons. The number of benzene rings is 1. The quantitative estimate of drug-likeness (QED) is 0.414. The minimum Gasteiger partial charge on any atom is -0.381 e. The van der Waals surface area contributed by atoms with E-state index in [0.717, 1.165) is 57.7 Å². The molecule has 29 heavy (non-hydrogen) atoms. The number of rotatable bonds is 8. The Labute approximate surface area is 175 Å². The van der Waals surface area contributed by atoms with E-state index in [2.05, 4.69) is 36.3 Å². The van der Waals surface area contributed by atoms with Crippen LogP contribution in [0.5, 0.6) is 0 Å². The van der Waals surface area contributed by atoms with E-state index in [1.165, 1.54) is 30.4 Å². The first-order valence-electron chi connectivity index (χ1n) is 11.1. The van der Waals surface area contributed by atoms with Crippen LogP contribution in [0.25, 0.3) is 0 Å². The number of hydrogen-bond acceptors (Lipinski definition) is 3. The highest BCUT2D eigenvalue weighted by Crippen LogP contribution is 2.23. The van der Waals surface area contributed by atoms with Gasteiger partial charge in [-0.05, 0) is 49.7 Å². The van der Waals surface area contributed by atoms with Crippen LogP contribution in [0.2, 0.25) is 0 Å². The van der Waals surface area contributed by atoms with E-state index in [-0.39, 0.29) is 5.91 Å². The van der Waals surface area contributed by atoms with E-state index in [1.807, 2.05) is 17.0 Å². The molecule has 2 aliphatic heterocycles. The number of fused-ring (bicyclic) bond motifs is 1. The van der Waals surface area contributed by atoms with Crippen molar-refractivity contribution in [2.45, 2.75) is 52.1 Å². The summed E-state index contributed by atoms with van der Waals surface area (Å²) in [5.74, 6) is 1.94. The molecule has 1 N–H and O–H groups in total. The highest BCUT2D eigenvalue weighted by atomic mass is 16.5. The van der Waals surface area contributed by atoms with Gasteiger partial charge in [0.1, 0.15) is 0 Å². The molecule has 160 valence electrons. The van der Waals surface area contributed by atoms with Crippen LogP contribution in [0, 0.1) is 5.92 Å². The molecular weight excluding hydrogens is 364 g/mol. The average Bonchev–Trinajstić information content (AvgIpc) is 3.19. The Bertz CT molecular complexity index is 660. The number of carbonyl (C=O) groups excluding carboxylic acids is 1. The second-order valence-corrected chi connectivity index (χ2v) is 8.12. The summed E-state index contributed by atoms with van der Waals surface area (Å²) < 4.78 is 5.45. The molecular formula is C23H36N4O2. The van der Waals surface area contributed by atoms with Gasteiger partial charge in [-0.15, -0.1) is 0 Å². The summed E-state index contributed by atoms with van der Waals surface area (Å²) in [7, 11) is 2.10. The normalized spacial score (nSPS) is 17.3. The van der Waals surface area contributed by atoms with Crippen LogP contribution in [0.3, 0.4) is 0 Å². The van der Waals surface area contributed by atoms with Crippen molar-refractivity contribution in [1.82, 2.24) is 15.1 Å². The molecule has 0 atom stereocenters. The van der Waals surface area contributed by atoms with Crippen LogP contribution < -0.4 is 5.32 Å². The monoisotopic (exact) mass is 400 g/mol. The van der Waals surface area contributed by atoms with E-state index in [4.69, 9.17) is 9.73 Å². The first-order valence-corrected chi connectivity index (χ1v) is 11.1. The zero-order valence-corrected chi connectivity index (χ0v) is 18.0. The SMILES string of the molecule is CCNC(=NCCCC(=O)N1Cc2ccccc2C1)N(C)CCC1CCOCC1. The second-order valence-electron chi connectivity index (χ2n) is 8.12. The molecule has 1 amide bonds. The Morgan fingerprint density at radius 1 is 1.24 bits per heavy atom. The van der Waals surface area contributed by atoms with Crippen molar-refractivity contribution in [3.63, 3.8) is 0 Å². The zero-order chi connectivity index (χ0) is 20.5. The van der Waals surface area contributed by atoms with Gasteiger partial charge >= 0.3 is 0 Å². The van der Waals surface area contributed by atoms with Crippen LogP contribution >= 0.6 is 0 Å². The van der Waals surface area contributed by atoms with Crippen molar-refractivity contribution in [2.75, 3.05) is 39.9 Å². The summed E-state index contributed by atoms with van der Waals surface area (Å²) in [5, 5.41) is 3.38. The van der Waals surface area contributed by atoms with Crippen molar-refractivity contribution in [2.24, 2.45) is 10.9 Å². The van der Waals surface area contributed by atoms with Gasteiger partial charge in [-0.3, -0.25) is 9.79 Å². The fourth-order valence-corrected chi connectivity index (χ4v) is 4.07. The molecule has 3 rings (SSSR count). The topological polar surface area (TPSA) is 57.2 Å². The summed E-state index contributed by atoms with van der Waals surface area (Å²) in [6, 6.07) is 8.32. The number of aliphatic imine (C=N–C) groups is 1. The number of hydrogen-bond donors (Lipinski definition) is 1. The lowest BCUT2D eigenvalue weighted by Crippen LogP contribution is -2.40. The number of carbonyl (C=O) groups is 1. The van der Waals surface area contributed by atoms with Gasteiger partial charge in [-0.25, -0.2) is 0 Å². The van der Waals surface area contributed by atoms with Gasteiger partial charge in [0, 0.05) is 59.4 Å². The van der Waals surface area contributed by atoms with E-state index in [0.29, 0.717) is 13.0 Å². The lowest BCUT2D eigenvalue weighted by Gasteiger charge is -2.26. The molecule has 6 nitrogen and oxygen atoms in total. The molecule has 1 aromatic rings. The Hall–Kier alpha value is -2.08. The van der Waals surface area contributed by atoms with Crippen molar-refractivity contribution in [3.8, 4) is 0 Å². The van der Waals surface area contributed by atoms with Crippen LogP contribution in [-0.4, -0.2) is 61.6 Å². The van der Waals surface area contributed by atoms with Crippen LogP contribution in [0.15, 0.2) is 29.3 Å². The smallest absolute Gasteiger partial charge is 0.223 e. The molecule has 1 saturated heterocycles. The van der Waals surface area contributed by atoms with Crippen molar-refractivity contribution in [1.29, 1.82) is 0 Å². The van der Waals surface area contributed by atoms with Crippen LogP contribution in [0.4, 0.5) is 0 Å². The Morgan fingerprint density at radius 3 is 2.59 bits per heavy atom. The van der Waals surface area contributed by atoms with Crippen molar-refractivity contribution >= 4 is 11.9 Å². The third-order valence-electron chi connectivity index (χ3n) is 5.91. The van der Waals surface area contributed by atoms with Gasteiger partial charge in [0.25, 0.3) is 0 Å². The number of ether oxygens (including phenoxy) is 1. The van der Waals surface area contributed by atoms with Gasteiger partial charge < -0.3 is 19.9 Å². The first kappa shape index (κ1) is 21.6.